The Hall–Kier alpha value is -0.910. The smallest absolute Gasteiger partial charge is 0.319 e. The fourth-order valence-electron chi connectivity index (χ4n) is 1.48. The first-order valence-electron chi connectivity index (χ1n) is 4.93. The van der Waals surface area contributed by atoms with E-state index < -0.39 is 10.2 Å². The molecule has 1 rings (SSSR count). The van der Waals surface area contributed by atoms with Gasteiger partial charge < -0.3 is 4.90 Å². The molecule has 15 heavy (non-hydrogen) atoms. The van der Waals surface area contributed by atoms with Crippen LogP contribution in [0, 0.1) is 11.8 Å². The summed E-state index contributed by atoms with van der Waals surface area (Å²) in [6.07, 6.45) is 0. The predicted molar refractivity (Wildman–Crippen MR) is 61.2 cm³/mol. The lowest BCUT2D eigenvalue weighted by atomic mass is 10.1. The fraction of sp³-hybridized carbons (Fsp3) is 0.778. The van der Waals surface area contributed by atoms with Gasteiger partial charge in [0, 0.05) is 18.9 Å². The second kappa shape index (κ2) is 3.92. The summed E-state index contributed by atoms with van der Waals surface area (Å²) in [6.45, 7) is 7.64. The Labute approximate surface area is 91.1 Å². The first kappa shape index (κ1) is 12.2. The van der Waals surface area contributed by atoms with Crippen molar-refractivity contribution in [2.75, 3.05) is 7.05 Å². The predicted octanol–water partition coefficient (Wildman–Crippen LogP) is 1.29. The van der Waals surface area contributed by atoms with Crippen LogP contribution in [0.4, 0.5) is 0 Å². The van der Waals surface area contributed by atoms with Crippen LogP contribution < -0.4 is 0 Å². The summed E-state index contributed by atoms with van der Waals surface area (Å²) in [5, 5.41) is 0. The molecule has 0 atom stereocenters. The van der Waals surface area contributed by atoms with Gasteiger partial charge in [-0.15, -0.1) is 8.80 Å². The lowest BCUT2D eigenvalue weighted by molar-refractivity contribution is 0.580. The van der Waals surface area contributed by atoms with E-state index >= 15 is 0 Å². The Morgan fingerprint density at radius 3 is 1.60 bits per heavy atom. The Kier molecular flexibility index (Phi) is 3.18. The molecule has 6 heteroatoms. The number of rotatable bonds is 2. The first-order valence-corrected chi connectivity index (χ1v) is 6.32. The van der Waals surface area contributed by atoms with Crippen LogP contribution in [0.15, 0.2) is 8.80 Å². The zero-order valence-electron chi connectivity index (χ0n) is 9.72. The van der Waals surface area contributed by atoms with Gasteiger partial charge in [-0.2, -0.15) is 8.42 Å². The van der Waals surface area contributed by atoms with Crippen LogP contribution in [0.1, 0.15) is 27.7 Å². The number of amidine groups is 2. The number of nitrogens with zero attached hydrogens (tertiary/aromatic N) is 3. The Bertz CT molecular complexity index is 375. The minimum Gasteiger partial charge on any atom is -0.319 e. The molecule has 0 aliphatic carbocycles. The maximum atomic E-state index is 11.4. The molecule has 0 aromatic carbocycles. The zero-order chi connectivity index (χ0) is 11.8. The second-order valence-corrected chi connectivity index (χ2v) is 5.48. The standard InChI is InChI=1S/C9H17N3O2S/c1-6(2)8-10-15(13,14)11-9(7(3)4)12(8)5/h6-7H,1-5H3. The largest absolute Gasteiger partial charge is 0.366 e. The minimum atomic E-state index is -3.67. The van der Waals surface area contributed by atoms with E-state index in [2.05, 4.69) is 8.80 Å². The highest BCUT2D eigenvalue weighted by Gasteiger charge is 2.27. The minimum absolute atomic E-state index is 0.0639. The molecule has 0 unspecified atom stereocenters. The van der Waals surface area contributed by atoms with Crippen LogP contribution in [0.5, 0.6) is 0 Å². The molecule has 0 saturated carbocycles. The molecule has 1 aliphatic heterocycles. The van der Waals surface area contributed by atoms with Crippen LogP contribution in [0.25, 0.3) is 0 Å². The lowest BCUT2D eigenvalue weighted by Gasteiger charge is -2.29. The van der Waals surface area contributed by atoms with E-state index in [0.717, 1.165) is 0 Å². The number of hydrogen-bond acceptors (Lipinski definition) is 3. The van der Waals surface area contributed by atoms with E-state index in [0.29, 0.717) is 11.7 Å². The van der Waals surface area contributed by atoms with Crippen LogP contribution in [-0.2, 0) is 10.2 Å². The molecule has 0 saturated heterocycles. The summed E-state index contributed by atoms with van der Waals surface area (Å²) < 4.78 is 30.2. The Morgan fingerprint density at radius 1 is 1.00 bits per heavy atom. The van der Waals surface area contributed by atoms with Gasteiger partial charge >= 0.3 is 10.2 Å². The van der Waals surface area contributed by atoms with Crippen molar-refractivity contribution in [2.45, 2.75) is 27.7 Å². The average Bonchev–Trinajstić information content (AvgIpc) is 2.07. The molecule has 1 heterocycles. The van der Waals surface area contributed by atoms with Crippen LogP contribution in [0.2, 0.25) is 0 Å². The summed E-state index contributed by atoms with van der Waals surface area (Å²) in [5.74, 6) is 1.23. The van der Waals surface area contributed by atoms with Crippen molar-refractivity contribution in [2.24, 2.45) is 20.6 Å². The summed E-state index contributed by atoms with van der Waals surface area (Å²) >= 11 is 0. The van der Waals surface area contributed by atoms with Crippen molar-refractivity contribution < 1.29 is 8.42 Å². The highest BCUT2D eigenvalue weighted by atomic mass is 32.2. The first-order chi connectivity index (χ1) is 6.74. The maximum Gasteiger partial charge on any atom is 0.366 e. The van der Waals surface area contributed by atoms with Gasteiger partial charge in [0.15, 0.2) is 0 Å². The summed E-state index contributed by atoms with van der Waals surface area (Å²) in [4.78, 5) is 1.76. The van der Waals surface area contributed by atoms with Crippen molar-refractivity contribution in [1.29, 1.82) is 0 Å². The third-order valence-electron chi connectivity index (χ3n) is 2.14. The summed E-state index contributed by atoms with van der Waals surface area (Å²) in [6, 6.07) is 0. The molecular formula is C9H17N3O2S. The van der Waals surface area contributed by atoms with Gasteiger partial charge in [0.25, 0.3) is 0 Å². The highest BCUT2D eigenvalue weighted by molar-refractivity contribution is 7.89. The van der Waals surface area contributed by atoms with E-state index in [-0.39, 0.29) is 11.8 Å². The van der Waals surface area contributed by atoms with Crippen LogP contribution >= 0.6 is 0 Å². The van der Waals surface area contributed by atoms with Gasteiger partial charge in [-0.1, -0.05) is 27.7 Å². The molecule has 0 fully saturated rings. The van der Waals surface area contributed by atoms with E-state index in [1.165, 1.54) is 0 Å². The normalized spacial score (nSPS) is 20.6. The van der Waals surface area contributed by atoms with Gasteiger partial charge in [0.1, 0.15) is 11.7 Å². The molecule has 0 radical (unpaired) electrons. The highest BCUT2D eigenvalue weighted by Crippen LogP contribution is 2.17. The lowest BCUT2D eigenvalue weighted by Crippen LogP contribution is -2.42. The van der Waals surface area contributed by atoms with E-state index in [4.69, 9.17) is 0 Å². The molecule has 86 valence electrons. The van der Waals surface area contributed by atoms with Gasteiger partial charge in [-0.25, -0.2) is 0 Å². The van der Waals surface area contributed by atoms with Crippen molar-refractivity contribution in [1.82, 2.24) is 4.90 Å². The van der Waals surface area contributed by atoms with Crippen LogP contribution in [0.3, 0.4) is 0 Å². The topological polar surface area (TPSA) is 62.1 Å². The second-order valence-electron chi connectivity index (χ2n) is 4.22. The molecule has 5 nitrogen and oxygen atoms in total. The van der Waals surface area contributed by atoms with Crippen molar-refractivity contribution in [3.05, 3.63) is 0 Å². The summed E-state index contributed by atoms with van der Waals surface area (Å²) in [7, 11) is -1.87. The zero-order valence-corrected chi connectivity index (χ0v) is 10.5. The SMILES string of the molecule is CC(C)C1=NS(=O)(=O)N=C(C(C)C)N1C. The van der Waals surface area contributed by atoms with Gasteiger partial charge in [-0.3, -0.25) is 0 Å². The Morgan fingerprint density at radius 2 is 1.33 bits per heavy atom. The summed E-state index contributed by atoms with van der Waals surface area (Å²) in [5.41, 5.74) is 0. The maximum absolute atomic E-state index is 11.4. The van der Waals surface area contributed by atoms with Gasteiger partial charge in [0.05, 0.1) is 0 Å². The van der Waals surface area contributed by atoms with E-state index in [1.54, 1.807) is 11.9 Å². The van der Waals surface area contributed by atoms with Crippen molar-refractivity contribution in [3.63, 3.8) is 0 Å². The molecule has 0 N–H and O–H groups in total. The quantitative estimate of drug-likeness (QED) is 0.719. The third kappa shape index (κ3) is 2.56. The number of hydrogen-bond donors (Lipinski definition) is 0. The molecule has 0 aromatic heterocycles. The van der Waals surface area contributed by atoms with E-state index in [9.17, 15) is 8.42 Å². The molecule has 0 spiro atoms. The van der Waals surface area contributed by atoms with Crippen molar-refractivity contribution in [3.8, 4) is 0 Å². The molecule has 0 bridgehead atoms. The van der Waals surface area contributed by atoms with Crippen LogP contribution in [-0.4, -0.2) is 32.0 Å². The molecule has 0 aromatic rings. The fourth-order valence-corrected chi connectivity index (χ4v) is 2.66. The molecule has 1 aliphatic rings. The van der Waals surface area contributed by atoms with Gasteiger partial charge in [0.2, 0.25) is 0 Å². The average molecular weight is 231 g/mol. The molecular weight excluding hydrogens is 214 g/mol. The monoisotopic (exact) mass is 231 g/mol. The van der Waals surface area contributed by atoms with E-state index in [1.807, 2.05) is 27.7 Å². The third-order valence-corrected chi connectivity index (χ3v) is 2.97. The van der Waals surface area contributed by atoms with Gasteiger partial charge in [-0.05, 0) is 0 Å². The molecule has 0 amide bonds. The van der Waals surface area contributed by atoms with Crippen molar-refractivity contribution >= 4 is 21.9 Å². The Balaban J connectivity index is 3.23.